The standard InChI is InChI=1S/C12H15BrO2/c1-8(2)15-7-10-4-5-11(13)6-12(10)9(3)14/h4-6,8H,7H2,1-3H3. The first kappa shape index (κ1) is 12.4. The van der Waals surface area contributed by atoms with E-state index in [9.17, 15) is 4.79 Å². The first-order valence-corrected chi connectivity index (χ1v) is 5.71. The van der Waals surface area contributed by atoms with E-state index >= 15 is 0 Å². The Labute approximate surface area is 98.8 Å². The molecule has 0 aromatic heterocycles. The first-order chi connectivity index (χ1) is 7.00. The molecular formula is C12H15BrO2. The summed E-state index contributed by atoms with van der Waals surface area (Å²) in [4.78, 5) is 11.4. The monoisotopic (exact) mass is 270 g/mol. The summed E-state index contributed by atoms with van der Waals surface area (Å²) in [5, 5.41) is 0. The Hall–Kier alpha value is -0.670. The molecule has 0 spiro atoms. The molecule has 1 aromatic rings. The van der Waals surface area contributed by atoms with Crippen molar-refractivity contribution in [2.45, 2.75) is 33.5 Å². The van der Waals surface area contributed by atoms with Gasteiger partial charge in [-0.1, -0.05) is 22.0 Å². The predicted octanol–water partition coefficient (Wildman–Crippen LogP) is 3.58. The molecular weight excluding hydrogens is 256 g/mol. The molecule has 0 amide bonds. The lowest BCUT2D eigenvalue weighted by Gasteiger charge is -2.10. The number of rotatable bonds is 4. The summed E-state index contributed by atoms with van der Waals surface area (Å²) in [5.74, 6) is 0.0682. The molecule has 15 heavy (non-hydrogen) atoms. The van der Waals surface area contributed by atoms with Gasteiger partial charge in [0.2, 0.25) is 0 Å². The molecule has 1 aromatic carbocycles. The minimum atomic E-state index is 0.0682. The lowest BCUT2D eigenvalue weighted by molar-refractivity contribution is 0.0648. The van der Waals surface area contributed by atoms with Crippen LogP contribution in [0.5, 0.6) is 0 Å². The minimum absolute atomic E-state index is 0.0682. The smallest absolute Gasteiger partial charge is 0.160 e. The van der Waals surface area contributed by atoms with E-state index in [-0.39, 0.29) is 11.9 Å². The molecule has 3 heteroatoms. The number of carbonyl (C=O) groups excluding carboxylic acids is 1. The van der Waals surface area contributed by atoms with Crippen LogP contribution in [0.2, 0.25) is 0 Å². The Balaban J connectivity index is 2.91. The van der Waals surface area contributed by atoms with Gasteiger partial charge in [0.1, 0.15) is 0 Å². The zero-order valence-electron chi connectivity index (χ0n) is 9.21. The van der Waals surface area contributed by atoms with Crippen LogP contribution in [0.1, 0.15) is 36.7 Å². The maximum absolute atomic E-state index is 11.4. The molecule has 0 aliphatic heterocycles. The van der Waals surface area contributed by atoms with Crippen molar-refractivity contribution in [2.75, 3.05) is 0 Å². The van der Waals surface area contributed by atoms with Crippen LogP contribution in [0.4, 0.5) is 0 Å². The van der Waals surface area contributed by atoms with Crippen molar-refractivity contribution >= 4 is 21.7 Å². The maximum Gasteiger partial charge on any atom is 0.160 e. The van der Waals surface area contributed by atoms with Gasteiger partial charge in [0.25, 0.3) is 0 Å². The number of Topliss-reactive ketones (excluding diaryl/α,β-unsaturated/α-hetero) is 1. The van der Waals surface area contributed by atoms with Crippen LogP contribution < -0.4 is 0 Å². The van der Waals surface area contributed by atoms with Crippen molar-refractivity contribution in [3.8, 4) is 0 Å². The van der Waals surface area contributed by atoms with Gasteiger partial charge in [0.15, 0.2) is 5.78 Å². The van der Waals surface area contributed by atoms with Crippen molar-refractivity contribution in [2.24, 2.45) is 0 Å². The molecule has 0 N–H and O–H groups in total. The molecule has 0 atom stereocenters. The summed E-state index contributed by atoms with van der Waals surface area (Å²) in [6.45, 7) is 6.01. The molecule has 0 fully saturated rings. The second-order valence-electron chi connectivity index (χ2n) is 3.72. The molecule has 0 bridgehead atoms. The van der Waals surface area contributed by atoms with Crippen LogP contribution in [0.25, 0.3) is 0 Å². The van der Waals surface area contributed by atoms with E-state index in [1.165, 1.54) is 0 Å². The number of carbonyl (C=O) groups is 1. The summed E-state index contributed by atoms with van der Waals surface area (Å²) in [6, 6.07) is 5.68. The summed E-state index contributed by atoms with van der Waals surface area (Å²) in [5.41, 5.74) is 1.67. The number of hydrogen-bond donors (Lipinski definition) is 0. The zero-order valence-corrected chi connectivity index (χ0v) is 10.8. The highest BCUT2D eigenvalue weighted by molar-refractivity contribution is 9.10. The second kappa shape index (κ2) is 5.42. The highest BCUT2D eigenvalue weighted by Gasteiger charge is 2.08. The van der Waals surface area contributed by atoms with E-state index in [2.05, 4.69) is 15.9 Å². The van der Waals surface area contributed by atoms with Crippen molar-refractivity contribution in [1.29, 1.82) is 0 Å². The molecule has 0 saturated carbocycles. The molecule has 1 rings (SSSR count). The van der Waals surface area contributed by atoms with E-state index in [1.807, 2.05) is 32.0 Å². The van der Waals surface area contributed by atoms with E-state index in [4.69, 9.17) is 4.74 Å². The Kier molecular flexibility index (Phi) is 4.48. The lowest BCUT2D eigenvalue weighted by Crippen LogP contribution is -2.06. The number of ether oxygens (including phenoxy) is 1. The third-order valence-electron chi connectivity index (χ3n) is 2.02. The van der Waals surface area contributed by atoms with E-state index in [0.29, 0.717) is 6.61 Å². The number of ketones is 1. The van der Waals surface area contributed by atoms with Crippen LogP contribution in [-0.2, 0) is 11.3 Å². The summed E-state index contributed by atoms with van der Waals surface area (Å²) in [6.07, 6.45) is 0.174. The fraction of sp³-hybridized carbons (Fsp3) is 0.417. The predicted molar refractivity (Wildman–Crippen MR) is 64.1 cm³/mol. The van der Waals surface area contributed by atoms with Crippen molar-refractivity contribution in [3.05, 3.63) is 33.8 Å². The van der Waals surface area contributed by atoms with Crippen molar-refractivity contribution in [3.63, 3.8) is 0 Å². The van der Waals surface area contributed by atoms with Gasteiger partial charge in [-0.2, -0.15) is 0 Å². The van der Waals surface area contributed by atoms with Gasteiger partial charge in [-0.15, -0.1) is 0 Å². The fourth-order valence-electron chi connectivity index (χ4n) is 1.26. The van der Waals surface area contributed by atoms with Gasteiger partial charge in [-0.3, -0.25) is 4.79 Å². The summed E-state index contributed by atoms with van der Waals surface area (Å²) >= 11 is 3.35. The van der Waals surface area contributed by atoms with Crippen LogP contribution in [0, 0.1) is 0 Å². The van der Waals surface area contributed by atoms with Gasteiger partial charge in [-0.05, 0) is 38.5 Å². The van der Waals surface area contributed by atoms with Crippen molar-refractivity contribution in [1.82, 2.24) is 0 Å². The number of benzene rings is 1. The van der Waals surface area contributed by atoms with Crippen LogP contribution in [0.3, 0.4) is 0 Å². The highest BCUT2D eigenvalue weighted by Crippen LogP contribution is 2.18. The Morgan fingerprint density at radius 1 is 1.47 bits per heavy atom. The quantitative estimate of drug-likeness (QED) is 0.782. The largest absolute Gasteiger partial charge is 0.374 e. The average molecular weight is 271 g/mol. The summed E-state index contributed by atoms with van der Waals surface area (Å²) in [7, 11) is 0. The zero-order chi connectivity index (χ0) is 11.4. The lowest BCUT2D eigenvalue weighted by atomic mass is 10.1. The Morgan fingerprint density at radius 3 is 2.67 bits per heavy atom. The van der Waals surface area contributed by atoms with Gasteiger partial charge in [0.05, 0.1) is 12.7 Å². The molecule has 0 heterocycles. The number of halogens is 1. The fourth-order valence-corrected chi connectivity index (χ4v) is 1.62. The van der Waals surface area contributed by atoms with Crippen LogP contribution in [0.15, 0.2) is 22.7 Å². The second-order valence-corrected chi connectivity index (χ2v) is 4.63. The molecule has 2 nitrogen and oxygen atoms in total. The Bertz CT molecular complexity index is 359. The molecule has 0 aliphatic carbocycles. The molecule has 0 radical (unpaired) electrons. The van der Waals surface area contributed by atoms with E-state index in [1.54, 1.807) is 6.92 Å². The normalized spacial score (nSPS) is 10.7. The van der Waals surface area contributed by atoms with Gasteiger partial charge < -0.3 is 4.74 Å². The van der Waals surface area contributed by atoms with E-state index in [0.717, 1.165) is 15.6 Å². The maximum atomic E-state index is 11.4. The first-order valence-electron chi connectivity index (χ1n) is 4.91. The average Bonchev–Trinajstić information content (AvgIpc) is 2.15. The van der Waals surface area contributed by atoms with Gasteiger partial charge in [-0.25, -0.2) is 0 Å². The van der Waals surface area contributed by atoms with Crippen molar-refractivity contribution < 1.29 is 9.53 Å². The Morgan fingerprint density at radius 2 is 2.13 bits per heavy atom. The molecule has 0 unspecified atom stereocenters. The number of hydrogen-bond acceptors (Lipinski definition) is 2. The van der Waals surface area contributed by atoms with Crippen LogP contribution >= 0.6 is 15.9 Å². The molecule has 0 aliphatic rings. The summed E-state index contributed by atoms with van der Waals surface area (Å²) < 4.78 is 6.41. The SMILES string of the molecule is CC(=O)c1cc(Br)ccc1COC(C)C. The van der Waals surface area contributed by atoms with Gasteiger partial charge in [0, 0.05) is 10.0 Å². The highest BCUT2D eigenvalue weighted by atomic mass is 79.9. The molecule has 82 valence electrons. The minimum Gasteiger partial charge on any atom is -0.374 e. The van der Waals surface area contributed by atoms with E-state index < -0.39 is 0 Å². The third-order valence-corrected chi connectivity index (χ3v) is 2.52. The molecule has 0 saturated heterocycles. The third kappa shape index (κ3) is 3.76. The van der Waals surface area contributed by atoms with Gasteiger partial charge >= 0.3 is 0 Å². The van der Waals surface area contributed by atoms with Crippen LogP contribution in [-0.4, -0.2) is 11.9 Å². The topological polar surface area (TPSA) is 26.3 Å².